The number of carbonyl (C=O) groups excluding carboxylic acids is 1. The molecule has 0 spiro atoms. The van der Waals surface area contributed by atoms with Crippen molar-refractivity contribution in [2.45, 2.75) is 18.9 Å². The second kappa shape index (κ2) is 6.65. The monoisotopic (exact) mass is 295 g/mol. The van der Waals surface area contributed by atoms with Crippen molar-refractivity contribution in [2.24, 2.45) is 0 Å². The summed E-state index contributed by atoms with van der Waals surface area (Å²) in [5.74, 6) is -0.130. The Kier molecular flexibility index (Phi) is 4.88. The van der Waals surface area contributed by atoms with Crippen LogP contribution in [0.25, 0.3) is 0 Å². The van der Waals surface area contributed by atoms with Gasteiger partial charge in [0.25, 0.3) is 0 Å². The molecule has 1 aromatic rings. The standard InChI is InChI=1S/C15H22FN3O2/c1-18(2)15(20)19-8-6-11(7-9-19)17-12-4-5-14(21-3)13(16)10-12/h4-5,10-11,17H,6-9H2,1-3H3. The highest BCUT2D eigenvalue weighted by Crippen LogP contribution is 2.23. The zero-order valence-corrected chi connectivity index (χ0v) is 12.7. The Morgan fingerprint density at radius 2 is 2.05 bits per heavy atom. The van der Waals surface area contributed by atoms with Gasteiger partial charge in [-0.15, -0.1) is 0 Å². The lowest BCUT2D eigenvalue weighted by Gasteiger charge is -2.34. The van der Waals surface area contributed by atoms with Gasteiger partial charge in [0, 0.05) is 45.0 Å². The smallest absolute Gasteiger partial charge is 0.319 e. The van der Waals surface area contributed by atoms with Crippen LogP contribution in [0.4, 0.5) is 14.9 Å². The van der Waals surface area contributed by atoms with Gasteiger partial charge >= 0.3 is 6.03 Å². The zero-order chi connectivity index (χ0) is 15.4. The zero-order valence-electron chi connectivity index (χ0n) is 12.7. The molecule has 1 fully saturated rings. The fourth-order valence-electron chi connectivity index (χ4n) is 2.49. The number of urea groups is 1. The Morgan fingerprint density at radius 3 is 2.57 bits per heavy atom. The molecule has 1 aliphatic heterocycles. The normalized spacial score (nSPS) is 15.7. The minimum atomic E-state index is -0.372. The third kappa shape index (κ3) is 3.77. The van der Waals surface area contributed by atoms with E-state index < -0.39 is 0 Å². The van der Waals surface area contributed by atoms with E-state index >= 15 is 0 Å². The number of hydrogen-bond donors (Lipinski definition) is 1. The van der Waals surface area contributed by atoms with Crippen molar-refractivity contribution in [1.29, 1.82) is 0 Å². The number of hydrogen-bond acceptors (Lipinski definition) is 3. The van der Waals surface area contributed by atoms with Crippen LogP contribution in [0.15, 0.2) is 18.2 Å². The summed E-state index contributed by atoms with van der Waals surface area (Å²) in [6.45, 7) is 1.43. The average molecular weight is 295 g/mol. The van der Waals surface area contributed by atoms with Gasteiger partial charge in [-0.25, -0.2) is 9.18 Å². The van der Waals surface area contributed by atoms with Gasteiger partial charge in [0.2, 0.25) is 0 Å². The van der Waals surface area contributed by atoms with Crippen molar-refractivity contribution in [3.8, 4) is 5.75 Å². The molecule has 0 saturated carbocycles. The second-order valence-corrected chi connectivity index (χ2v) is 5.43. The number of rotatable bonds is 3. The van der Waals surface area contributed by atoms with E-state index in [1.165, 1.54) is 13.2 Å². The van der Waals surface area contributed by atoms with Gasteiger partial charge in [-0.3, -0.25) is 0 Å². The van der Waals surface area contributed by atoms with Crippen LogP contribution in [0.5, 0.6) is 5.75 Å². The molecule has 116 valence electrons. The molecule has 0 radical (unpaired) electrons. The number of amides is 2. The molecule has 1 aromatic carbocycles. The molecule has 2 rings (SSSR count). The van der Waals surface area contributed by atoms with Crippen LogP contribution in [-0.4, -0.2) is 56.2 Å². The number of benzene rings is 1. The van der Waals surface area contributed by atoms with Crippen LogP contribution >= 0.6 is 0 Å². The van der Waals surface area contributed by atoms with E-state index in [9.17, 15) is 9.18 Å². The number of likely N-dealkylation sites (tertiary alicyclic amines) is 1. The molecule has 1 saturated heterocycles. The number of ether oxygens (including phenoxy) is 1. The Labute approximate surface area is 124 Å². The van der Waals surface area contributed by atoms with Gasteiger partial charge in [-0.1, -0.05) is 0 Å². The maximum absolute atomic E-state index is 13.6. The lowest BCUT2D eigenvalue weighted by atomic mass is 10.0. The van der Waals surface area contributed by atoms with Gasteiger partial charge < -0.3 is 19.9 Å². The number of nitrogens with zero attached hydrogens (tertiary/aromatic N) is 2. The average Bonchev–Trinajstić information content (AvgIpc) is 2.47. The largest absolute Gasteiger partial charge is 0.494 e. The summed E-state index contributed by atoms with van der Waals surface area (Å²) in [6, 6.07) is 5.16. The fraction of sp³-hybridized carbons (Fsp3) is 0.533. The molecular weight excluding hydrogens is 273 g/mol. The van der Waals surface area contributed by atoms with E-state index in [1.807, 2.05) is 4.90 Å². The molecule has 21 heavy (non-hydrogen) atoms. The Hall–Kier alpha value is -1.98. The molecule has 6 heteroatoms. The van der Waals surface area contributed by atoms with Crippen molar-refractivity contribution in [1.82, 2.24) is 9.80 Å². The van der Waals surface area contributed by atoms with Crippen molar-refractivity contribution >= 4 is 11.7 Å². The van der Waals surface area contributed by atoms with Crippen LogP contribution in [0, 0.1) is 5.82 Å². The molecule has 1 heterocycles. The topological polar surface area (TPSA) is 44.8 Å². The first kappa shape index (κ1) is 15.4. The van der Waals surface area contributed by atoms with Crippen LogP contribution in [0.2, 0.25) is 0 Å². The Bertz CT molecular complexity index is 500. The number of methoxy groups -OCH3 is 1. The molecule has 0 aromatic heterocycles. The highest BCUT2D eigenvalue weighted by molar-refractivity contribution is 5.73. The first-order chi connectivity index (χ1) is 10.0. The molecule has 0 unspecified atom stereocenters. The Balaban J connectivity index is 1.89. The van der Waals surface area contributed by atoms with E-state index in [2.05, 4.69) is 5.32 Å². The molecule has 2 amide bonds. The van der Waals surface area contributed by atoms with Crippen LogP contribution < -0.4 is 10.1 Å². The van der Waals surface area contributed by atoms with E-state index in [1.54, 1.807) is 31.1 Å². The van der Waals surface area contributed by atoms with Gasteiger partial charge in [0.15, 0.2) is 11.6 Å². The number of halogens is 1. The van der Waals surface area contributed by atoms with Crippen molar-refractivity contribution in [2.75, 3.05) is 39.6 Å². The third-order valence-corrected chi connectivity index (χ3v) is 3.67. The summed E-state index contributed by atoms with van der Waals surface area (Å²) in [4.78, 5) is 15.3. The maximum Gasteiger partial charge on any atom is 0.319 e. The molecule has 5 nitrogen and oxygen atoms in total. The minimum Gasteiger partial charge on any atom is -0.494 e. The first-order valence-electron chi connectivity index (χ1n) is 7.07. The predicted molar refractivity (Wildman–Crippen MR) is 80.3 cm³/mol. The highest BCUT2D eigenvalue weighted by Gasteiger charge is 2.23. The van der Waals surface area contributed by atoms with Gasteiger partial charge in [0.05, 0.1) is 7.11 Å². The van der Waals surface area contributed by atoms with Gasteiger partial charge in [-0.2, -0.15) is 0 Å². The van der Waals surface area contributed by atoms with Gasteiger partial charge in [0.1, 0.15) is 0 Å². The minimum absolute atomic E-state index is 0.0453. The van der Waals surface area contributed by atoms with Crippen LogP contribution in [-0.2, 0) is 0 Å². The van der Waals surface area contributed by atoms with Crippen molar-refractivity contribution in [3.05, 3.63) is 24.0 Å². The van der Waals surface area contributed by atoms with E-state index in [0.717, 1.165) is 18.5 Å². The summed E-state index contributed by atoms with van der Waals surface area (Å²) in [5.41, 5.74) is 0.741. The summed E-state index contributed by atoms with van der Waals surface area (Å²) < 4.78 is 18.5. The van der Waals surface area contributed by atoms with Crippen molar-refractivity contribution in [3.63, 3.8) is 0 Å². The molecule has 0 atom stereocenters. The van der Waals surface area contributed by atoms with Crippen LogP contribution in [0.3, 0.4) is 0 Å². The van der Waals surface area contributed by atoms with Crippen LogP contribution in [0.1, 0.15) is 12.8 Å². The lowest BCUT2D eigenvalue weighted by Crippen LogP contribution is -2.46. The number of piperidine rings is 1. The summed E-state index contributed by atoms with van der Waals surface area (Å²) in [7, 11) is 4.96. The quantitative estimate of drug-likeness (QED) is 0.931. The third-order valence-electron chi connectivity index (χ3n) is 3.67. The van der Waals surface area contributed by atoms with E-state index in [-0.39, 0.29) is 23.6 Å². The maximum atomic E-state index is 13.6. The number of carbonyl (C=O) groups is 1. The van der Waals surface area contributed by atoms with Crippen molar-refractivity contribution < 1.29 is 13.9 Å². The first-order valence-corrected chi connectivity index (χ1v) is 7.07. The van der Waals surface area contributed by atoms with E-state index in [4.69, 9.17) is 4.74 Å². The second-order valence-electron chi connectivity index (χ2n) is 5.43. The molecule has 0 aliphatic carbocycles. The molecular formula is C15H22FN3O2. The lowest BCUT2D eigenvalue weighted by molar-refractivity contribution is 0.158. The Morgan fingerprint density at radius 1 is 1.38 bits per heavy atom. The highest BCUT2D eigenvalue weighted by atomic mass is 19.1. The molecule has 0 bridgehead atoms. The SMILES string of the molecule is COc1ccc(NC2CCN(C(=O)N(C)C)CC2)cc1F. The molecule has 1 N–H and O–H groups in total. The fourth-order valence-corrected chi connectivity index (χ4v) is 2.49. The summed E-state index contributed by atoms with van der Waals surface area (Å²) >= 11 is 0. The van der Waals surface area contributed by atoms with E-state index in [0.29, 0.717) is 13.1 Å². The summed E-state index contributed by atoms with van der Waals surface area (Å²) in [5, 5.41) is 3.31. The predicted octanol–water partition coefficient (Wildman–Crippen LogP) is 2.39. The number of nitrogens with one attached hydrogen (secondary N) is 1. The summed E-state index contributed by atoms with van der Waals surface area (Å²) in [6.07, 6.45) is 1.71. The molecule has 1 aliphatic rings. The van der Waals surface area contributed by atoms with Gasteiger partial charge in [-0.05, 0) is 25.0 Å². The number of anilines is 1.